The van der Waals surface area contributed by atoms with Crippen LogP contribution in [0.3, 0.4) is 0 Å². The Balaban J connectivity index is 1.50. The normalized spacial score (nSPS) is 18.2. The van der Waals surface area contributed by atoms with Crippen molar-refractivity contribution in [3.8, 4) is 5.75 Å². The van der Waals surface area contributed by atoms with Gasteiger partial charge in [-0.2, -0.15) is 5.10 Å². The smallest absolute Gasteiger partial charge is 0.242 e. The summed E-state index contributed by atoms with van der Waals surface area (Å²) in [7, 11) is 0. The minimum atomic E-state index is -0.201. The van der Waals surface area contributed by atoms with Crippen LogP contribution in [-0.2, 0) is 33.9 Å². The monoisotopic (exact) mass is 412 g/mol. The lowest BCUT2D eigenvalue weighted by Crippen LogP contribution is -2.39. The molecule has 2 aliphatic rings. The van der Waals surface area contributed by atoms with Crippen molar-refractivity contribution in [2.45, 2.75) is 45.4 Å². The SMILES string of the molecule is CC(=O)NCC(=O)N1CCCC1c1nn(CCOc2ccccc2)c2c1COCC2. The molecule has 1 N–H and O–H groups in total. The summed E-state index contributed by atoms with van der Waals surface area (Å²) in [6.45, 7) is 4.49. The molecule has 0 aliphatic carbocycles. The predicted molar refractivity (Wildman–Crippen MR) is 110 cm³/mol. The number of para-hydroxylation sites is 1. The molecular formula is C22H28N4O4. The first-order valence-electron chi connectivity index (χ1n) is 10.5. The highest BCUT2D eigenvalue weighted by Crippen LogP contribution is 2.35. The quantitative estimate of drug-likeness (QED) is 0.750. The molecule has 0 radical (unpaired) electrons. The van der Waals surface area contributed by atoms with Gasteiger partial charge in [-0.25, -0.2) is 0 Å². The third-order valence-electron chi connectivity index (χ3n) is 5.62. The predicted octanol–water partition coefficient (Wildman–Crippen LogP) is 1.83. The van der Waals surface area contributed by atoms with E-state index >= 15 is 0 Å². The summed E-state index contributed by atoms with van der Waals surface area (Å²) >= 11 is 0. The number of aromatic nitrogens is 2. The molecule has 0 spiro atoms. The van der Waals surface area contributed by atoms with Crippen molar-refractivity contribution >= 4 is 11.8 Å². The lowest BCUT2D eigenvalue weighted by Gasteiger charge is -2.25. The third kappa shape index (κ3) is 4.48. The molecule has 8 nitrogen and oxygen atoms in total. The number of carbonyl (C=O) groups is 2. The Morgan fingerprint density at radius 3 is 2.93 bits per heavy atom. The fourth-order valence-corrected chi connectivity index (χ4v) is 4.21. The zero-order valence-corrected chi connectivity index (χ0v) is 17.3. The Hall–Kier alpha value is -2.87. The van der Waals surface area contributed by atoms with Gasteiger partial charge in [-0.1, -0.05) is 18.2 Å². The van der Waals surface area contributed by atoms with E-state index in [-0.39, 0.29) is 24.4 Å². The van der Waals surface area contributed by atoms with E-state index in [9.17, 15) is 9.59 Å². The maximum Gasteiger partial charge on any atom is 0.242 e. The molecule has 1 unspecified atom stereocenters. The Bertz CT molecular complexity index is 896. The molecule has 1 saturated heterocycles. The van der Waals surface area contributed by atoms with Gasteiger partial charge >= 0.3 is 0 Å². The first-order valence-corrected chi connectivity index (χ1v) is 10.5. The molecule has 1 aromatic carbocycles. The molecule has 2 amide bonds. The van der Waals surface area contributed by atoms with Crippen molar-refractivity contribution in [1.82, 2.24) is 20.0 Å². The van der Waals surface area contributed by atoms with E-state index in [4.69, 9.17) is 14.6 Å². The molecule has 3 heterocycles. The van der Waals surface area contributed by atoms with Crippen LogP contribution in [0.2, 0.25) is 0 Å². The van der Waals surface area contributed by atoms with Crippen LogP contribution in [0, 0.1) is 0 Å². The third-order valence-corrected chi connectivity index (χ3v) is 5.62. The van der Waals surface area contributed by atoms with Crippen LogP contribution in [0.1, 0.15) is 42.8 Å². The molecule has 30 heavy (non-hydrogen) atoms. The van der Waals surface area contributed by atoms with Gasteiger partial charge in [0.1, 0.15) is 12.4 Å². The van der Waals surface area contributed by atoms with Crippen LogP contribution in [-0.4, -0.2) is 52.8 Å². The van der Waals surface area contributed by atoms with Crippen molar-refractivity contribution in [3.05, 3.63) is 47.3 Å². The molecular weight excluding hydrogens is 384 g/mol. The number of likely N-dealkylation sites (tertiary alicyclic amines) is 1. The summed E-state index contributed by atoms with van der Waals surface area (Å²) in [6, 6.07) is 9.67. The lowest BCUT2D eigenvalue weighted by molar-refractivity contribution is -0.133. The lowest BCUT2D eigenvalue weighted by atomic mass is 10.0. The van der Waals surface area contributed by atoms with E-state index in [2.05, 4.69) is 5.32 Å². The molecule has 0 saturated carbocycles. The number of rotatable bonds is 7. The molecule has 8 heteroatoms. The van der Waals surface area contributed by atoms with Crippen LogP contribution < -0.4 is 10.1 Å². The zero-order chi connectivity index (χ0) is 20.9. The van der Waals surface area contributed by atoms with E-state index in [0.29, 0.717) is 32.9 Å². The number of benzene rings is 1. The van der Waals surface area contributed by atoms with Gasteiger partial charge in [0, 0.05) is 31.1 Å². The van der Waals surface area contributed by atoms with Crippen LogP contribution in [0.5, 0.6) is 5.75 Å². The molecule has 1 atom stereocenters. The zero-order valence-electron chi connectivity index (χ0n) is 17.3. The van der Waals surface area contributed by atoms with E-state index in [0.717, 1.165) is 36.3 Å². The Morgan fingerprint density at radius 2 is 2.13 bits per heavy atom. The second-order valence-electron chi connectivity index (χ2n) is 7.65. The minimum Gasteiger partial charge on any atom is -0.492 e. The number of amides is 2. The minimum absolute atomic E-state index is 0.0240. The number of nitrogens with one attached hydrogen (secondary N) is 1. The Kier molecular flexibility index (Phi) is 6.32. The topological polar surface area (TPSA) is 85.7 Å². The second kappa shape index (κ2) is 9.30. The van der Waals surface area contributed by atoms with E-state index < -0.39 is 0 Å². The molecule has 2 aliphatic heterocycles. The number of nitrogens with zero attached hydrogens (tertiary/aromatic N) is 3. The average molecular weight is 412 g/mol. The largest absolute Gasteiger partial charge is 0.492 e. The number of fused-ring (bicyclic) bond motifs is 1. The number of carbonyl (C=O) groups excluding carboxylic acids is 2. The highest BCUT2D eigenvalue weighted by molar-refractivity contribution is 5.84. The van der Waals surface area contributed by atoms with Crippen molar-refractivity contribution in [2.75, 3.05) is 26.3 Å². The van der Waals surface area contributed by atoms with Crippen LogP contribution in [0.15, 0.2) is 30.3 Å². The molecule has 4 rings (SSSR count). The number of ether oxygens (including phenoxy) is 2. The highest BCUT2D eigenvalue weighted by Gasteiger charge is 2.35. The molecule has 2 aromatic rings. The van der Waals surface area contributed by atoms with Crippen molar-refractivity contribution < 1.29 is 19.1 Å². The van der Waals surface area contributed by atoms with Gasteiger partial charge in [0.2, 0.25) is 11.8 Å². The molecule has 0 bridgehead atoms. The Labute approximate surface area is 176 Å². The Morgan fingerprint density at radius 1 is 1.30 bits per heavy atom. The summed E-state index contributed by atoms with van der Waals surface area (Å²) in [4.78, 5) is 25.7. The van der Waals surface area contributed by atoms with Crippen LogP contribution in [0.25, 0.3) is 0 Å². The fourth-order valence-electron chi connectivity index (χ4n) is 4.21. The summed E-state index contributed by atoms with van der Waals surface area (Å²) in [6.07, 6.45) is 2.60. The standard InChI is InChI=1S/C22H28N4O4/c1-16(27)23-14-21(28)25-10-5-8-20(25)22-18-15-29-12-9-19(18)26(24-22)11-13-30-17-6-3-2-4-7-17/h2-4,6-7,20H,5,8-15H2,1H3,(H,23,27). The summed E-state index contributed by atoms with van der Waals surface area (Å²) < 4.78 is 13.6. The van der Waals surface area contributed by atoms with Gasteiger partial charge in [0.15, 0.2) is 0 Å². The van der Waals surface area contributed by atoms with Crippen LogP contribution >= 0.6 is 0 Å². The fraction of sp³-hybridized carbons (Fsp3) is 0.500. The van der Waals surface area contributed by atoms with Gasteiger partial charge in [0.25, 0.3) is 0 Å². The molecule has 1 aromatic heterocycles. The first-order chi connectivity index (χ1) is 14.6. The van der Waals surface area contributed by atoms with Gasteiger partial charge < -0.3 is 19.7 Å². The highest BCUT2D eigenvalue weighted by atomic mass is 16.5. The van der Waals surface area contributed by atoms with Crippen molar-refractivity contribution in [1.29, 1.82) is 0 Å². The van der Waals surface area contributed by atoms with Gasteiger partial charge in [-0.15, -0.1) is 0 Å². The average Bonchev–Trinajstić information content (AvgIpc) is 3.38. The van der Waals surface area contributed by atoms with Gasteiger partial charge in [0.05, 0.1) is 38.0 Å². The first kappa shape index (κ1) is 20.4. The summed E-state index contributed by atoms with van der Waals surface area (Å²) in [5.74, 6) is 0.570. The van der Waals surface area contributed by atoms with E-state index in [1.807, 2.05) is 39.9 Å². The van der Waals surface area contributed by atoms with Crippen LogP contribution in [0.4, 0.5) is 0 Å². The molecule has 160 valence electrons. The van der Waals surface area contributed by atoms with E-state index in [1.165, 1.54) is 12.6 Å². The maximum absolute atomic E-state index is 12.7. The molecule has 1 fully saturated rings. The van der Waals surface area contributed by atoms with Crippen molar-refractivity contribution in [2.24, 2.45) is 0 Å². The maximum atomic E-state index is 12.7. The second-order valence-corrected chi connectivity index (χ2v) is 7.65. The summed E-state index contributed by atoms with van der Waals surface area (Å²) in [5.41, 5.74) is 3.21. The van der Waals surface area contributed by atoms with E-state index in [1.54, 1.807) is 0 Å². The van der Waals surface area contributed by atoms with Crippen molar-refractivity contribution in [3.63, 3.8) is 0 Å². The van der Waals surface area contributed by atoms with Gasteiger partial charge in [-0.05, 0) is 25.0 Å². The van der Waals surface area contributed by atoms with Gasteiger partial charge in [-0.3, -0.25) is 14.3 Å². The number of hydrogen-bond acceptors (Lipinski definition) is 5. The summed E-state index contributed by atoms with van der Waals surface area (Å²) in [5, 5.41) is 7.52. The number of hydrogen-bond donors (Lipinski definition) is 1.